The zero-order valence-corrected chi connectivity index (χ0v) is 12.3. The zero-order chi connectivity index (χ0) is 15.3. The molecule has 0 atom stereocenters. The van der Waals surface area contributed by atoms with Crippen molar-refractivity contribution < 1.29 is 10.0 Å². The van der Waals surface area contributed by atoms with E-state index in [1.807, 2.05) is 19.1 Å². The first-order chi connectivity index (χ1) is 10.1. The Kier molecular flexibility index (Phi) is 4.77. The van der Waals surface area contributed by atoms with Crippen molar-refractivity contribution >= 4 is 11.7 Å². The number of nitrogens with zero attached hydrogens (tertiary/aromatic N) is 3. The Morgan fingerprint density at radius 2 is 2.05 bits per heavy atom. The average Bonchev–Trinajstić information content (AvgIpc) is 3.03. The summed E-state index contributed by atoms with van der Waals surface area (Å²) in [4.78, 5) is 18.7. The highest BCUT2D eigenvalue weighted by Crippen LogP contribution is 2.40. The molecule has 6 nitrogen and oxygen atoms in total. The first kappa shape index (κ1) is 15.3. The molecule has 1 aromatic heterocycles. The average molecular weight is 290 g/mol. The van der Waals surface area contributed by atoms with Gasteiger partial charge in [0, 0.05) is 25.5 Å². The van der Waals surface area contributed by atoms with Crippen molar-refractivity contribution in [1.29, 1.82) is 0 Å². The number of hydrogen-bond acceptors (Lipinski definition) is 4. The summed E-state index contributed by atoms with van der Waals surface area (Å²) < 4.78 is 0. The maximum absolute atomic E-state index is 12.9. The summed E-state index contributed by atoms with van der Waals surface area (Å²) in [5.74, 6) is -0.00668. The number of nitrogens with two attached hydrogens (primary N) is 1. The summed E-state index contributed by atoms with van der Waals surface area (Å²) in [5.41, 5.74) is 6.03. The number of amides is 1. The number of pyridine rings is 1. The molecule has 0 unspecified atom stereocenters. The lowest BCUT2D eigenvalue weighted by atomic mass is 9.83. The molecular weight excluding hydrogens is 268 g/mol. The molecule has 0 bridgehead atoms. The lowest BCUT2D eigenvalue weighted by molar-refractivity contribution is -0.138. The first-order valence-corrected chi connectivity index (χ1v) is 7.30. The third-order valence-corrected chi connectivity index (χ3v) is 4.26. The summed E-state index contributed by atoms with van der Waals surface area (Å²) in [6.45, 7) is 3.04. The third-order valence-electron chi connectivity index (χ3n) is 4.26. The van der Waals surface area contributed by atoms with Crippen LogP contribution in [-0.4, -0.2) is 33.4 Å². The van der Waals surface area contributed by atoms with Crippen molar-refractivity contribution in [1.82, 2.24) is 9.88 Å². The number of oxime groups is 1. The van der Waals surface area contributed by atoms with Crippen LogP contribution in [0, 0.1) is 5.41 Å². The van der Waals surface area contributed by atoms with E-state index in [1.165, 1.54) is 0 Å². The van der Waals surface area contributed by atoms with Crippen molar-refractivity contribution in [3.63, 3.8) is 0 Å². The second kappa shape index (κ2) is 6.56. The van der Waals surface area contributed by atoms with Gasteiger partial charge in [-0.1, -0.05) is 18.0 Å². The number of carbonyl (C=O) groups excluding carboxylic acids is 1. The maximum atomic E-state index is 12.9. The molecule has 1 aliphatic carbocycles. The van der Waals surface area contributed by atoms with Crippen LogP contribution in [0.5, 0.6) is 0 Å². The number of rotatable bonds is 5. The molecule has 1 saturated carbocycles. The van der Waals surface area contributed by atoms with Crippen molar-refractivity contribution in [3.8, 4) is 0 Å². The van der Waals surface area contributed by atoms with E-state index in [0.717, 1.165) is 18.4 Å². The summed E-state index contributed by atoms with van der Waals surface area (Å²) >= 11 is 0. The van der Waals surface area contributed by atoms with E-state index >= 15 is 0 Å². The number of aromatic nitrogens is 1. The van der Waals surface area contributed by atoms with E-state index in [4.69, 9.17) is 10.9 Å². The maximum Gasteiger partial charge on any atom is 0.236 e. The van der Waals surface area contributed by atoms with E-state index in [-0.39, 0.29) is 11.7 Å². The third kappa shape index (κ3) is 2.99. The quantitative estimate of drug-likeness (QED) is 0.374. The molecule has 1 aliphatic rings. The van der Waals surface area contributed by atoms with Gasteiger partial charge in [0.15, 0.2) is 5.84 Å². The lowest BCUT2D eigenvalue weighted by Gasteiger charge is -2.33. The molecule has 1 fully saturated rings. The molecule has 0 aliphatic heterocycles. The monoisotopic (exact) mass is 290 g/mol. The van der Waals surface area contributed by atoms with Crippen molar-refractivity contribution in [2.75, 3.05) is 6.54 Å². The van der Waals surface area contributed by atoms with Gasteiger partial charge >= 0.3 is 0 Å². The van der Waals surface area contributed by atoms with Crippen LogP contribution in [0.15, 0.2) is 29.7 Å². The van der Waals surface area contributed by atoms with Gasteiger partial charge in [-0.25, -0.2) is 0 Å². The Morgan fingerprint density at radius 3 is 2.57 bits per heavy atom. The fourth-order valence-electron chi connectivity index (χ4n) is 2.99. The molecule has 3 N–H and O–H groups in total. The van der Waals surface area contributed by atoms with E-state index in [2.05, 4.69) is 10.1 Å². The van der Waals surface area contributed by atoms with E-state index in [9.17, 15) is 4.79 Å². The highest BCUT2D eigenvalue weighted by Gasteiger charge is 2.47. The van der Waals surface area contributed by atoms with Gasteiger partial charge < -0.3 is 15.8 Å². The molecule has 6 heteroatoms. The van der Waals surface area contributed by atoms with Crippen LogP contribution in [0.1, 0.15) is 38.2 Å². The van der Waals surface area contributed by atoms with Gasteiger partial charge in [-0.2, -0.15) is 0 Å². The predicted octanol–water partition coefficient (Wildman–Crippen LogP) is 1.74. The highest BCUT2D eigenvalue weighted by molar-refractivity contribution is 6.07. The minimum atomic E-state index is -0.836. The van der Waals surface area contributed by atoms with Crippen LogP contribution in [0.25, 0.3) is 0 Å². The molecule has 114 valence electrons. The molecule has 1 heterocycles. The Hall–Kier alpha value is -2.11. The molecule has 1 aromatic rings. The normalized spacial score (nSPS) is 17.7. The SMILES string of the molecule is CCN(Cc1ccncc1)C(=O)C1(C(N)=NO)CCCC1. The number of hydrogen-bond donors (Lipinski definition) is 2. The summed E-state index contributed by atoms with van der Waals surface area (Å²) in [6.07, 6.45) is 6.57. The Bertz CT molecular complexity index is 510. The molecule has 2 rings (SSSR count). The Balaban J connectivity index is 2.22. The second-order valence-corrected chi connectivity index (χ2v) is 5.45. The van der Waals surface area contributed by atoms with Gasteiger partial charge in [0.2, 0.25) is 5.91 Å². The fraction of sp³-hybridized carbons (Fsp3) is 0.533. The van der Waals surface area contributed by atoms with Crippen LogP contribution in [0.4, 0.5) is 0 Å². The van der Waals surface area contributed by atoms with Gasteiger partial charge in [-0.15, -0.1) is 0 Å². The van der Waals surface area contributed by atoms with Gasteiger partial charge in [0.25, 0.3) is 0 Å². The minimum Gasteiger partial charge on any atom is -0.409 e. The number of amidine groups is 1. The number of carbonyl (C=O) groups is 1. The molecule has 1 amide bonds. The van der Waals surface area contributed by atoms with E-state index < -0.39 is 5.41 Å². The lowest BCUT2D eigenvalue weighted by Crippen LogP contribution is -2.49. The van der Waals surface area contributed by atoms with E-state index in [1.54, 1.807) is 17.3 Å². The van der Waals surface area contributed by atoms with Gasteiger partial charge in [-0.3, -0.25) is 9.78 Å². The first-order valence-electron chi connectivity index (χ1n) is 7.30. The van der Waals surface area contributed by atoms with Crippen LogP contribution in [0.3, 0.4) is 0 Å². The zero-order valence-electron chi connectivity index (χ0n) is 12.3. The van der Waals surface area contributed by atoms with Crippen LogP contribution in [-0.2, 0) is 11.3 Å². The summed E-state index contributed by atoms with van der Waals surface area (Å²) in [5, 5.41) is 12.2. The molecule has 0 aromatic carbocycles. The minimum absolute atomic E-state index is 0.0400. The Labute approximate surface area is 124 Å². The standard InChI is InChI=1S/C15H22N4O2/c1-2-19(11-12-5-9-17-10-6-12)14(20)15(13(16)18-21)7-3-4-8-15/h5-6,9-10,21H,2-4,7-8,11H2,1H3,(H2,16,18). The van der Waals surface area contributed by atoms with Gasteiger partial charge in [-0.05, 0) is 37.5 Å². The van der Waals surface area contributed by atoms with Crippen LogP contribution in [0.2, 0.25) is 0 Å². The topological polar surface area (TPSA) is 91.8 Å². The van der Waals surface area contributed by atoms with Crippen molar-refractivity contribution in [2.24, 2.45) is 16.3 Å². The smallest absolute Gasteiger partial charge is 0.236 e. The molecule has 21 heavy (non-hydrogen) atoms. The summed E-state index contributed by atoms with van der Waals surface area (Å²) in [6, 6.07) is 3.78. The molecule has 0 saturated heterocycles. The second-order valence-electron chi connectivity index (χ2n) is 5.45. The van der Waals surface area contributed by atoms with Crippen molar-refractivity contribution in [2.45, 2.75) is 39.2 Å². The van der Waals surface area contributed by atoms with Crippen LogP contribution < -0.4 is 5.73 Å². The van der Waals surface area contributed by atoms with Gasteiger partial charge in [0.1, 0.15) is 5.41 Å². The predicted molar refractivity (Wildman–Crippen MR) is 79.6 cm³/mol. The molecule has 0 radical (unpaired) electrons. The Morgan fingerprint density at radius 1 is 1.43 bits per heavy atom. The van der Waals surface area contributed by atoms with E-state index in [0.29, 0.717) is 25.9 Å². The van der Waals surface area contributed by atoms with Gasteiger partial charge in [0.05, 0.1) is 0 Å². The largest absolute Gasteiger partial charge is 0.409 e. The van der Waals surface area contributed by atoms with Crippen molar-refractivity contribution in [3.05, 3.63) is 30.1 Å². The summed E-state index contributed by atoms with van der Waals surface area (Å²) in [7, 11) is 0. The molecule has 0 spiro atoms. The molecular formula is C15H22N4O2. The highest BCUT2D eigenvalue weighted by atomic mass is 16.4. The van der Waals surface area contributed by atoms with Crippen LogP contribution >= 0.6 is 0 Å². The fourth-order valence-corrected chi connectivity index (χ4v) is 2.99.